The summed E-state index contributed by atoms with van der Waals surface area (Å²) in [5, 5.41) is 11.5. The summed E-state index contributed by atoms with van der Waals surface area (Å²) < 4.78 is 8.41. The van der Waals surface area contributed by atoms with Crippen LogP contribution in [0.25, 0.3) is 11.3 Å². The first kappa shape index (κ1) is 20.7. The molecule has 0 radical (unpaired) electrons. The summed E-state index contributed by atoms with van der Waals surface area (Å²) in [6, 6.07) is 17.2. The molecule has 0 saturated carbocycles. The van der Waals surface area contributed by atoms with E-state index in [4.69, 9.17) is 4.74 Å². The first-order chi connectivity index (χ1) is 15.2. The van der Waals surface area contributed by atoms with Crippen molar-refractivity contribution in [1.82, 2.24) is 24.5 Å². The second kappa shape index (κ2) is 9.48. The van der Waals surface area contributed by atoms with E-state index in [0.29, 0.717) is 23.1 Å². The molecule has 2 aromatic heterocycles. The van der Waals surface area contributed by atoms with Crippen LogP contribution in [0.1, 0.15) is 5.56 Å². The molecule has 158 valence electrons. The SMILES string of the molecule is COc1ccccc1-n1ccn2c(SCC(=O)NCCc3ccccc3)nnc2c1=O. The largest absolute Gasteiger partial charge is 0.495 e. The summed E-state index contributed by atoms with van der Waals surface area (Å²) in [5.74, 6) is 0.667. The minimum absolute atomic E-state index is 0.0972. The summed E-state index contributed by atoms with van der Waals surface area (Å²) in [7, 11) is 1.55. The molecule has 4 rings (SSSR count). The molecule has 2 heterocycles. The lowest BCUT2D eigenvalue weighted by Crippen LogP contribution is -2.27. The summed E-state index contributed by atoms with van der Waals surface area (Å²) >= 11 is 1.23. The van der Waals surface area contributed by atoms with Crippen molar-refractivity contribution in [1.29, 1.82) is 0 Å². The number of carbonyl (C=O) groups is 1. The molecule has 4 aromatic rings. The quantitative estimate of drug-likeness (QED) is 0.427. The Kier molecular flexibility index (Phi) is 6.32. The van der Waals surface area contributed by atoms with Crippen molar-refractivity contribution < 1.29 is 9.53 Å². The van der Waals surface area contributed by atoms with E-state index in [1.807, 2.05) is 42.5 Å². The van der Waals surface area contributed by atoms with E-state index in [-0.39, 0.29) is 22.9 Å². The van der Waals surface area contributed by atoms with E-state index in [9.17, 15) is 9.59 Å². The number of nitrogens with zero attached hydrogens (tertiary/aromatic N) is 4. The topological polar surface area (TPSA) is 90.5 Å². The molecule has 0 bridgehead atoms. The highest BCUT2D eigenvalue weighted by atomic mass is 32.2. The van der Waals surface area contributed by atoms with Crippen LogP contribution in [0.4, 0.5) is 0 Å². The molecule has 0 unspecified atom stereocenters. The lowest BCUT2D eigenvalue weighted by molar-refractivity contribution is -0.118. The van der Waals surface area contributed by atoms with E-state index in [1.165, 1.54) is 21.9 Å². The number of ether oxygens (including phenoxy) is 1. The molecule has 0 saturated heterocycles. The highest BCUT2D eigenvalue weighted by Crippen LogP contribution is 2.21. The smallest absolute Gasteiger partial charge is 0.300 e. The van der Waals surface area contributed by atoms with E-state index in [0.717, 1.165) is 6.42 Å². The number of fused-ring (bicyclic) bond motifs is 1. The van der Waals surface area contributed by atoms with Crippen LogP contribution in [0.2, 0.25) is 0 Å². The van der Waals surface area contributed by atoms with Gasteiger partial charge in [0, 0.05) is 18.9 Å². The van der Waals surface area contributed by atoms with Gasteiger partial charge >= 0.3 is 5.56 Å². The third-order valence-corrected chi connectivity index (χ3v) is 5.64. The molecular weight excluding hydrogens is 414 g/mol. The Labute approximate surface area is 182 Å². The molecule has 0 atom stereocenters. The summed E-state index contributed by atoms with van der Waals surface area (Å²) in [4.78, 5) is 25.1. The number of benzene rings is 2. The van der Waals surface area contributed by atoms with E-state index < -0.39 is 0 Å². The minimum Gasteiger partial charge on any atom is -0.495 e. The number of thioether (sulfide) groups is 1. The van der Waals surface area contributed by atoms with Crippen molar-refractivity contribution in [3.63, 3.8) is 0 Å². The van der Waals surface area contributed by atoms with Gasteiger partial charge in [-0.2, -0.15) is 0 Å². The summed E-state index contributed by atoms with van der Waals surface area (Å²) in [6.45, 7) is 0.563. The lowest BCUT2D eigenvalue weighted by Gasteiger charge is -2.10. The van der Waals surface area contributed by atoms with Crippen LogP contribution in [0, 0.1) is 0 Å². The Balaban J connectivity index is 1.43. The number of hydrogen-bond donors (Lipinski definition) is 1. The van der Waals surface area contributed by atoms with Gasteiger partial charge in [0.2, 0.25) is 11.6 Å². The van der Waals surface area contributed by atoms with E-state index in [1.54, 1.807) is 36.0 Å². The standard InChI is InChI=1S/C22H21N5O3S/c1-30-18-10-6-5-9-17(18)26-13-14-27-20(21(26)29)24-25-22(27)31-15-19(28)23-12-11-16-7-3-2-4-8-16/h2-10,13-14H,11-12,15H2,1H3,(H,23,28). The van der Waals surface area contributed by atoms with Crippen LogP contribution in [-0.2, 0) is 11.2 Å². The number of amides is 1. The molecule has 8 nitrogen and oxygen atoms in total. The molecule has 31 heavy (non-hydrogen) atoms. The number of hydrogen-bond acceptors (Lipinski definition) is 6. The van der Waals surface area contributed by atoms with Crippen molar-refractivity contribution in [3.05, 3.63) is 82.9 Å². The maximum Gasteiger partial charge on any atom is 0.300 e. The molecule has 1 amide bonds. The van der Waals surface area contributed by atoms with Crippen molar-refractivity contribution >= 4 is 23.3 Å². The zero-order chi connectivity index (χ0) is 21.6. The van der Waals surface area contributed by atoms with Crippen LogP contribution in [0.3, 0.4) is 0 Å². The van der Waals surface area contributed by atoms with Crippen LogP contribution in [0.15, 0.2) is 76.9 Å². The average molecular weight is 436 g/mol. The van der Waals surface area contributed by atoms with E-state index >= 15 is 0 Å². The number of carbonyl (C=O) groups excluding carboxylic acids is 1. The monoisotopic (exact) mass is 435 g/mol. The Morgan fingerprint density at radius 2 is 1.84 bits per heavy atom. The van der Waals surface area contributed by atoms with Crippen LogP contribution >= 0.6 is 11.8 Å². The Bertz CT molecular complexity index is 1250. The van der Waals surface area contributed by atoms with Gasteiger partial charge in [0.1, 0.15) is 5.75 Å². The molecule has 0 aliphatic carbocycles. The van der Waals surface area contributed by atoms with Gasteiger partial charge in [-0.1, -0.05) is 54.2 Å². The number of nitrogens with one attached hydrogen (secondary N) is 1. The normalized spacial score (nSPS) is 10.9. The fraction of sp³-hybridized carbons (Fsp3) is 0.182. The summed E-state index contributed by atoms with van der Waals surface area (Å²) in [6.07, 6.45) is 4.12. The van der Waals surface area contributed by atoms with Gasteiger partial charge in [0.25, 0.3) is 0 Å². The Morgan fingerprint density at radius 3 is 2.65 bits per heavy atom. The fourth-order valence-electron chi connectivity index (χ4n) is 3.16. The van der Waals surface area contributed by atoms with Crippen LogP contribution in [-0.4, -0.2) is 44.5 Å². The first-order valence-corrected chi connectivity index (χ1v) is 10.7. The van der Waals surface area contributed by atoms with Crippen molar-refractivity contribution in [3.8, 4) is 11.4 Å². The predicted molar refractivity (Wildman–Crippen MR) is 119 cm³/mol. The molecule has 0 spiro atoms. The molecule has 2 aromatic carbocycles. The van der Waals surface area contributed by atoms with Gasteiger partial charge in [0.15, 0.2) is 5.16 Å². The lowest BCUT2D eigenvalue weighted by atomic mass is 10.1. The maximum absolute atomic E-state index is 12.9. The molecular formula is C22H21N5O3S. The van der Waals surface area contributed by atoms with Crippen molar-refractivity contribution in [2.45, 2.75) is 11.6 Å². The highest BCUT2D eigenvalue weighted by molar-refractivity contribution is 7.99. The number of para-hydroxylation sites is 2. The van der Waals surface area contributed by atoms with Gasteiger partial charge in [-0.15, -0.1) is 10.2 Å². The molecule has 9 heteroatoms. The van der Waals surface area contributed by atoms with Gasteiger partial charge < -0.3 is 10.1 Å². The summed E-state index contributed by atoms with van der Waals surface area (Å²) in [5.41, 5.74) is 1.65. The van der Waals surface area contributed by atoms with Gasteiger partial charge in [-0.05, 0) is 24.1 Å². The Hall–Kier alpha value is -3.59. The zero-order valence-corrected chi connectivity index (χ0v) is 17.7. The second-order valence-electron chi connectivity index (χ2n) is 6.70. The van der Waals surface area contributed by atoms with E-state index in [2.05, 4.69) is 15.5 Å². The number of methoxy groups -OCH3 is 1. The highest BCUT2D eigenvalue weighted by Gasteiger charge is 2.15. The molecule has 1 N–H and O–H groups in total. The minimum atomic E-state index is -0.321. The van der Waals surface area contributed by atoms with Gasteiger partial charge in [0.05, 0.1) is 18.6 Å². The third-order valence-electron chi connectivity index (χ3n) is 4.70. The maximum atomic E-state index is 12.9. The molecule has 0 aliphatic rings. The predicted octanol–water partition coefficient (Wildman–Crippen LogP) is 2.34. The third kappa shape index (κ3) is 4.61. The fourth-order valence-corrected chi connectivity index (χ4v) is 3.90. The molecule has 0 fully saturated rings. The van der Waals surface area contributed by atoms with Crippen molar-refractivity contribution in [2.75, 3.05) is 19.4 Å². The van der Waals surface area contributed by atoms with Gasteiger partial charge in [-0.25, -0.2) is 0 Å². The Morgan fingerprint density at radius 1 is 1.06 bits per heavy atom. The number of rotatable bonds is 8. The van der Waals surface area contributed by atoms with Gasteiger partial charge in [-0.3, -0.25) is 18.6 Å². The van der Waals surface area contributed by atoms with Crippen molar-refractivity contribution in [2.24, 2.45) is 0 Å². The average Bonchev–Trinajstić information content (AvgIpc) is 3.23. The molecule has 0 aliphatic heterocycles. The zero-order valence-electron chi connectivity index (χ0n) is 16.9. The van der Waals surface area contributed by atoms with Crippen LogP contribution in [0.5, 0.6) is 5.75 Å². The number of aromatic nitrogens is 4. The first-order valence-electron chi connectivity index (χ1n) is 9.70. The van der Waals surface area contributed by atoms with Crippen LogP contribution < -0.4 is 15.6 Å². The second-order valence-corrected chi connectivity index (χ2v) is 7.64.